The number of nitrogens with one attached hydrogen (secondary N) is 1. The summed E-state index contributed by atoms with van der Waals surface area (Å²) >= 11 is 6.24. The van der Waals surface area contributed by atoms with Crippen LogP contribution in [0.2, 0.25) is 0 Å². The second-order valence-electron chi connectivity index (χ2n) is 8.35. The van der Waals surface area contributed by atoms with Gasteiger partial charge in [-0.1, -0.05) is 49.7 Å². The Morgan fingerprint density at radius 2 is 1.61 bits per heavy atom. The summed E-state index contributed by atoms with van der Waals surface area (Å²) in [5, 5.41) is 2.66. The van der Waals surface area contributed by atoms with Crippen molar-refractivity contribution in [3.63, 3.8) is 0 Å². The molecule has 1 aliphatic heterocycles. The number of carbonyl (C=O) groups is 3. The van der Waals surface area contributed by atoms with Crippen molar-refractivity contribution in [1.29, 1.82) is 0 Å². The molecule has 1 N–H and O–H groups in total. The van der Waals surface area contributed by atoms with E-state index >= 15 is 0 Å². The summed E-state index contributed by atoms with van der Waals surface area (Å²) < 4.78 is 11.0. The zero-order valence-electron chi connectivity index (χ0n) is 20.1. The van der Waals surface area contributed by atoms with Gasteiger partial charge in [-0.25, -0.2) is 9.69 Å². The highest BCUT2D eigenvalue weighted by molar-refractivity contribution is 6.53. The van der Waals surface area contributed by atoms with Gasteiger partial charge in [0.1, 0.15) is 22.2 Å². The van der Waals surface area contributed by atoms with Crippen LogP contribution in [0, 0.1) is 0 Å². The van der Waals surface area contributed by atoms with Gasteiger partial charge >= 0.3 is 5.97 Å². The lowest BCUT2D eigenvalue weighted by Gasteiger charge is -2.18. The Labute approximate surface area is 214 Å². The average molecular weight is 505 g/mol. The van der Waals surface area contributed by atoms with E-state index in [0.29, 0.717) is 41.0 Å². The molecule has 0 saturated carbocycles. The van der Waals surface area contributed by atoms with Gasteiger partial charge in [0.05, 0.1) is 17.9 Å². The molecule has 0 aliphatic carbocycles. The molecule has 0 radical (unpaired) electrons. The Morgan fingerprint density at radius 3 is 2.25 bits per heavy atom. The molecular formula is C28H25ClN2O5. The van der Waals surface area contributed by atoms with Gasteiger partial charge in [0.2, 0.25) is 0 Å². The highest BCUT2D eigenvalue weighted by Gasteiger charge is 2.40. The third-order valence-electron chi connectivity index (χ3n) is 5.58. The number of nitrogens with zero attached hydrogens (tertiary/aromatic N) is 1. The monoisotopic (exact) mass is 504 g/mol. The Balaban J connectivity index is 1.46. The smallest absolute Gasteiger partial charge is 0.343 e. The second kappa shape index (κ2) is 10.7. The topological polar surface area (TPSA) is 84.9 Å². The number of imide groups is 1. The molecule has 0 saturated heterocycles. The normalized spacial score (nSPS) is 13.4. The van der Waals surface area contributed by atoms with Crippen molar-refractivity contribution >= 4 is 40.8 Å². The summed E-state index contributed by atoms with van der Waals surface area (Å²) in [4.78, 5) is 39.4. The van der Waals surface area contributed by atoms with E-state index in [2.05, 4.69) is 19.2 Å². The summed E-state index contributed by atoms with van der Waals surface area (Å²) in [6, 6.07) is 20.4. The molecule has 0 bridgehead atoms. The molecule has 4 rings (SSSR count). The fourth-order valence-electron chi connectivity index (χ4n) is 3.67. The van der Waals surface area contributed by atoms with Crippen molar-refractivity contribution in [2.45, 2.75) is 26.7 Å². The predicted octanol–water partition coefficient (Wildman–Crippen LogP) is 5.86. The summed E-state index contributed by atoms with van der Waals surface area (Å²) in [5.74, 6) is -0.542. The Kier molecular flexibility index (Phi) is 7.41. The number of benzene rings is 3. The van der Waals surface area contributed by atoms with Crippen molar-refractivity contribution in [2.24, 2.45) is 0 Å². The number of ether oxygens (including phenoxy) is 2. The first-order valence-corrected chi connectivity index (χ1v) is 11.9. The molecule has 0 atom stereocenters. The molecule has 7 nitrogen and oxygen atoms in total. The molecule has 2 amide bonds. The second-order valence-corrected chi connectivity index (χ2v) is 8.73. The molecule has 1 aliphatic rings. The SMILES string of the molecule is CCOc1ccccc1N1C(=O)C(Cl)=C(Nc2ccc(C(=O)Oc3ccc(C(C)C)cc3)cc2)C1=O. The van der Waals surface area contributed by atoms with Crippen LogP contribution in [0.1, 0.15) is 42.6 Å². The minimum atomic E-state index is -0.653. The van der Waals surface area contributed by atoms with Crippen LogP contribution in [0.25, 0.3) is 0 Å². The van der Waals surface area contributed by atoms with Gasteiger partial charge < -0.3 is 14.8 Å². The van der Waals surface area contributed by atoms with E-state index < -0.39 is 17.8 Å². The maximum Gasteiger partial charge on any atom is 0.343 e. The molecule has 0 aromatic heterocycles. The van der Waals surface area contributed by atoms with E-state index in [0.717, 1.165) is 10.5 Å². The van der Waals surface area contributed by atoms with E-state index in [-0.39, 0.29) is 10.7 Å². The average Bonchev–Trinajstić information content (AvgIpc) is 3.08. The van der Waals surface area contributed by atoms with Crippen LogP contribution in [0.4, 0.5) is 11.4 Å². The van der Waals surface area contributed by atoms with Crippen LogP contribution in [0.5, 0.6) is 11.5 Å². The van der Waals surface area contributed by atoms with Crippen molar-refractivity contribution in [3.05, 3.63) is 94.7 Å². The minimum absolute atomic E-state index is 0.0615. The maximum absolute atomic E-state index is 13.1. The Bertz CT molecular complexity index is 1330. The summed E-state index contributed by atoms with van der Waals surface area (Å²) in [6.45, 7) is 6.36. The summed E-state index contributed by atoms with van der Waals surface area (Å²) in [5.41, 5.74) is 2.20. The standard InChI is InChI=1S/C28H25ClN2O5/c1-4-35-23-8-6-5-7-22(23)31-26(32)24(29)25(27(31)33)30-20-13-9-19(10-14-20)28(34)36-21-15-11-18(12-16-21)17(2)3/h5-17,30H,4H2,1-3H3. The Hall–Kier alpha value is -4.10. The highest BCUT2D eigenvalue weighted by atomic mass is 35.5. The van der Waals surface area contributed by atoms with E-state index in [1.54, 1.807) is 60.7 Å². The van der Waals surface area contributed by atoms with Crippen molar-refractivity contribution in [1.82, 2.24) is 0 Å². The van der Waals surface area contributed by atoms with Crippen LogP contribution in [-0.2, 0) is 9.59 Å². The summed E-state index contributed by atoms with van der Waals surface area (Å²) in [6.07, 6.45) is 0. The first-order chi connectivity index (χ1) is 17.3. The predicted molar refractivity (Wildman–Crippen MR) is 139 cm³/mol. The number of anilines is 2. The minimum Gasteiger partial charge on any atom is -0.492 e. The van der Waals surface area contributed by atoms with Gasteiger partial charge in [0, 0.05) is 5.69 Å². The molecule has 36 heavy (non-hydrogen) atoms. The third-order valence-corrected chi connectivity index (χ3v) is 5.93. The largest absolute Gasteiger partial charge is 0.492 e. The quantitative estimate of drug-likeness (QED) is 0.235. The van der Waals surface area contributed by atoms with E-state index in [1.165, 1.54) is 0 Å². The zero-order valence-corrected chi connectivity index (χ0v) is 20.8. The lowest BCUT2D eigenvalue weighted by atomic mass is 10.0. The number of para-hydroxylation sites is 2. The number of carbonyl (C=O) groups excluding carboxylic acids is 3. The lowest BCUT2D eigenvalue weighted by molar-refractivity contribution is -0.120. The van der Waals surface area contributed by atoms with Gasteiger partial charge in [-0.3, -0.25) is 9.59 Å². The van der Waals surface area contributed by atoms with Gasteiger partial charge in [-0.2, -0.15) is 0 Å². The van der Waals surface area contributed by atoms with Crippen LogP contribution in [0.15, 0.2) is 83.5 Å². The molecular weight excluding hydrogens is 480 g/mol. The maximum atomic E-state index is 13.1. The number of rotatable bonds is 8. The molecule has 3 aromatic rings. The van der Waals surface area contributed by atoms with Crippen LogP contribution in [-0.4, -0.2) is 24.4 Å². The fourth-order valence-corrected chi connectivity index (χ4v) is 3.88. The first-order valence-electron chi connectivity index (χ1n) is 11.5. The number of amides is 2. The molecule has 8 heteroatoms. The van der Waals surface area contributed by atoms with Crippen molar-refractivity contribution in [3.8, 4) is 11.5 Å². The Morgan fingerprint density at radius 1 is 0.944 bits per heavy atom. The molecule has 0 fully saturated rings. The zero-order chi connectivity index (χ0) is 25.8. The number of hydrogen-bond acceptors (Lipinski definition) is 6. The lowest BCUT2D eigenvalue weighted by Crippen LogP contribution is -2.32. The van der Waals surface area contributed by atoms with E-state index in [4.69, 9.17) is 21.1 Å². The van der Waals surface area contributed by atoms with Crippen molar-refractivity contribution < 1.29 is 23.9 Å². The highest BCUT2D eigenvalue weighted by Crippen LogP contribution is 2.35. The number of hydrogen-bond donors (Lipinski definition) is 1. The van der Waals surface area contributed by atoms with Gasteiger partial charge in [0.15, 0.2) is 0 Å². The number of esters is 1. The van der Waals surface area contributed by atoms with Crippen LogP contribution in [0.3, 0.4) is 0 Å². The van der Waals surface area contributed by atoms with Crippen LogP contribution >= 0.6 is 11.6 Å². The molecule has 3 aromatic carbocycles. The molecule has 0 unspecified atom stereocenters. The van der Waals surface area contributed by atoms with Gasteiger partial charge in [-0.05, 0) is 66.9 Å². The van der Waals surface area contributed by atoms with E-state index in [1.807, 2.05) is 19.1 Å². The summed E-state index contributed by atoms with van der Waals surface area (Å²) in [7, 11) is 0. The molecule has 0 spiro atoms. The van der Waals surface area contributed by atoms with Crippen LogP contribution < -0.4 is 19.7 Å². The molecule has 184 valence electrons. The number of halogens is 1. The molecule has 1 heterocycles. The fraction of sp³-hybridized carbons (Fsp3) is 0.179. The third kappa shape index (κ3) is 5.11. The van der Waals surface area contributed by atoms with Crippen molar-refractivity contribution in [2.75, 3.05) is 16.8 Å². The van der Waals surface area contributed by atoms with Gasteiger partial charge in [0.25, 0.3) is 11.8 Å². The van der Waals surface area contributed by atoms with E-state index in [9.17, 15) is 14.4 Å². The first kappa shape index (κ1) is 25.0. The van der Waals surface area contributed by atoms with Gasteiger partial charge in [-0.15, -0.1) is 0 Å².